The Hall–Kier alpha value is -1.82. The van der Waals surface area contributed by atoms with E-state index in [2.05, 4.69) is 72.8 Å². The van der Waals surface area contributed by atoms with Crippen LogP contribution in [0.4, 0.5) is 0 Å². The molecule has 0 bridgehead atoms. The molecule has 17 heavy (non-hydrogen) atoms. The molecule has 0 saturated carbocycles. The molecule has 0 heteroatoms. The van der Waals surface area contributed by atoms with Crippen LogP contribution in [0.1, 0.15) is 17.5 Å². The van der Waals surface area contributed by atoms with Gasteiger partial charge in [0.25, 0.3) is 0 Å². The highest BCUT2D eigenvalue weighted by atomic mass is 13.9. The standard InChI is InChI=1S/C17H18/c1-4-10-16(11-5-1)14-8-3-9-15-17-12-6-2-7-13-17/h1-8,10-13H,9,14-15H2/b8-3+. The van der Waals surface area contributed by atoms with E-state index in [1.807, 2.05) is 0 Å². The highest BCUT2D eigenvalue weighted by Crippen LogP contribution is 2.04. The monoisotopic (exact) mass is 222 g/mol. The summed E-state index contributed by atoms with van der Waals surface area (Å²) in [6.45, 7) is 0. The first-order chi connectivity index (χ1) is 8.45. The maximum absolute atomic E-state index is 2.28. The number of allylic oxidation sites excluding steroid dienone is 2. The fourth-order valence-electron chi connectivity index (χ4n) is 1.85. The van der Waals surface area contributed by atoms with Crippen LogP contribution in [0, 0.1) is 0 Å². The molecule has 2 aromatic carbocycles. The van der Waals surface area contributed by atoms with Crippen LogP contribution in [0.3, 0.4) is 0 Å². The molecule has 0 unspecified atom stereocenters. The van der Waals surface area contributed by atoms with Crippen molar-refractivity contribution >= 4 is 0 Å². The van der Waals surface area contributed by atoms with Crippen molar-refractivity contribution in [1.82, 2.24) is 0 Å². The number of rotatable bonds is 5. The zero-order valence-corrected chi connectivity index (χ0v) is 10.0. The molecule has 0 aromatic heterocycles. The van der Waals surface area contributed by atoms with Crippen molar-refractivity contribution in [1.29, 1.82) is 0 Å². The second-order valence-electron chi connectivity index (χ2n) is 4.19. The highest BCUT2D eigenvalue weighted by molar-refractivity contribution is 5.18. The van der Waals surface area contributed by atoms with Gasteiger partial charge in [-0.25, -0.2) is 0 Å². The predicted molar refractivity (Wildman–Crippen MR) is 74.0 cm³/mol. The van der Waals surface area contributed by atoms with Crippen LogP contribution in [-0.4, -0.2) is 0 Å². The van der Waals surface area contributed by atoms with Crippen molar-refractivity contribution in [2.75, 3.05) is 0 Å². The first-order valence-corrected chi connectivity index (χ1v) is 6.18. The van der Waals surface area contributed by atoms with Crippen LogP contribution >= 0.6 is 0 Å². The van der Waals surface area contributed by atoms with Gasteiger partial charge in [-0.2, -0.15) is 0 Å². The first-order valence-electron chi connectivity index (χ1n) is 6.18. The maximum atomic E-state index is 2.28. The molecule has 0 aliphatic carbocycles. The van der Waals surface area contributed by atoms with E-state index in [9.17, 15) is 0 Å². The summed E-state index contributed by atoms with van der Waals surface area (Å²) in [4.78, 5) is 0. The molecule has 0 radical (unpaired) electrons. The Morgan fingerprint density at radius 3 is 1.88 bits per heavy atom. The van der Waals surface area contributed by atoms with Gasteiger partial charge < -0.3 is 0 Å². The smallest absolute Gasteiger partial charge is 0.00975 e. The average molecular weight is 222 g/mol. The minimum absolute atomic E-state index is 1.04. The third-order valence-electron chi connectivity index (χ3n) is 2.81. The summed E-state index contributed by atoms with van der Waals surface area (Å²) in [5.41, 5.74) is 2.79. The zero-order chi connectivity index (χ0) is 11.8. The number of aryl methyl sites for hydroxylation is 1. The molecule has 0 fully saturated rings. The molecule has 0 heterocycles. The van der Waals surface area contributed by atoms with Crippen molar-refractivity contribution in [2.45, 2.75) is 19.3 Å². The van der Waals surface area contributed by atoms with Gasteiger partial charge in [0, 0.05) is 0 Å². The summed E-state index contributed by atoms with van der Waals surface area (Å²) in [6.07, 6.45) is 7.83. The molecular formula is C17H18. The lowest BCUT2D eigenvalue weighted by Crippen LogP contribution is -1.82. The Kier molecular flexibility index (Phi) is 4.59. The molecule has 0 aliphatic heterocycles. The number of hydrogen-bond acceptors (Lipinski definition) is 0. The minimum atomic E-state index is 1.04. The number of benzene rings is 2. The Labute approximate surface area is 104 Å². The van der Waals surface area contributed by atoms with E-state index in [4.69, 9.17) is 0 Å². The Balaban J connectivity index is 1.72. The third-order valence-corrected chi connectivity index (χ3v) is 2.81. The van der Waals surface area contributed by atoms with E-state index in [0.29, 0.717) is 0 Å². The summed E-state index contributed by atoms with van der Waals surface area (Å²) in [5, 5.41) is 0. The molecular weight excluding hydrogens is 204 g/mol. The largest absolute Gasteiger partial charge is 0.0879 e. The molecule has 0 spiro atoms. The Morgan fingerprint density at radius 1 is 0.647 bits per heavy atom. The van der Waals surface area contributed by atoms with Crippen LogP contribution in [0.15, 0.2) is 72.8 Å². The van der Waals surface area contributed by atoms with Gasteiger partial charge in [-0.1, -0.05) is 72.8 Å². The van der Waals surface area contributed by atoms with Crippen LogP contribution in [0.2, 0.25) is 0 Å². The second kappa shape index (κ2) is 6.70. The normalized spacial score (nSPS) is 10.8. The lowest BCUT2D eigenvalue weighted by molar-refractivity contribution is 0.994. The topological polar surface area (TPSA) is 0 Å². The van der Waals surface area contributed by atoms with Gasteiger partial charge in [-0.05, 0) is 30.4 Å². The molecule has 0 amide bonds. The molecule has 86 valence electrons. The van der Waals surface area contributed by atoms with Gasteiger partial charge in [0.15, 0.2) is 0 Å². The van der Waals surface area contributed by atoms with E-state index < -0.39 is 0 Å². The summed E-state index contributed by atoms with van der Waals surface area (Å²) in [6, 6.07) is 21.2. The Bertz CT molecular complexity index is 440. The van der Waals surface area contributed by atoms with E-state index in [0.717, 1.165) is 19.3 Å². The third kappa shape index (κ3) is 4.28. The van der Waals surface area contributed by atoms with Crippen molar-refractivity contribution in [3.8, 4) is 0 Å². The van der Waals surface area contributed by atoms with Crippen molar-refractivity contribution < 1.29 is 0 Å². The van der Waals surface area contributed by atoms with E-state index in [1.54, 1.807) is 0 Å². The molecule has 0 aliphatic rings. The Morgan fingerprint density at radius 2 is 1.24 bits per heavy atom. The molecule has 0 atom stereocenters. The molecule has 0 N–H and O–H groups in total. The van der Waals surface area contributed by atoms with Crippen LogP contribution in [0.5, 0.6) is 0 Å². The zero-order valence-electron chi connectivity index (χ0n) is 10.0. The highest BCUT2D eigenvalue weighted by Gasteiger charge is 1.89. The van der Waals surface area contributed by atoms with Gasteiger partial charge in [0.05, 0.1) is 0 Å². The fourth-order valence-corrected chi connectivity index (χ4v) is 1.85. The second-order valence-corrected chi connectivity index (χ2v) is 4.19. The quantitative estimate of drug-likeness (QED) is 0.657. The summed E-state index contributed by atoms with van der Waals surface area (Å²) in [7, 11) is 0. The minimum Gasteiger partial charge on any atom is -0.0879 e. The van der Waals surface area contributed by atoms with E-state index >= 15 is 0 Å². The summed E-state index contributed by atoms with van der Waals surface area (Å²) in [5.74, 6) is 0. The van der Waals surface area contributed by atoms with E-state index in [-0.39, 0.29) is 0 Å². The fraction of sp³-hybridized carbons (Fsp3) is 0.176. The predicted octanol–water partition coefficient (Wildman–Crippen LogP) is 4.42. The van der Waals surface area contributed by atoms with E-state index in [1.165, 1.54) is 11.1 Å². The lowest BCUT2D eigenvalue weighted by atomic mass is 10.1. The molecule has 2 aromatic rings. The molecule has 0 nitrogen and oxygen atoms in total. The number of hydrogen-bond donors (Lipinski definition) is 0. The first kappa shape index (κ1) is 11.7. The lowest BCUT2D eigenvalue weighted by Gasteiger charge is -1.97. The molecule has 0 saturated heterocycles. The maximum Gasteiger partial charge on any atom is -0.00975 e. The van der Waals surface area contributed by atoms with Gasteiger partial charge >= 0.3 is 0 Å². The van der Waals surface area contributed by atoms with Crippen molar-refractivity contribution in [3.63, 3.8) is 0 Å². The van der Waals surface area contributed by atoms with Gasteiger partial charge in [0.1, 0.15) is 0 Å². The summed E-state index contributed by atoms with van der Waals surface area (Å²) < 4.78 is 0. The van der Waals surface area contributed by atoms with Crippen LogP contribution in [-0.2, 0) is 12.8 Å². The SMILES string of the molecule is C(=C\Cc1ccccc1)/CCc1ccccc1. The van der Waals surface area contributed by atoms with Gasteiger partial charge in [-0.3, -0.25) is 0 Å². The van der Waals surface area contributed by atoms with Gasteiger partial charge in [0.2, 0.25) is 0 Å². The van der Waals surface area contributed by atoms with Crippen molar-refractivity contribution in [3.05, 3.63) is 83.9 Å². The summed E-state index contributed by atoms with van der Waals surface area (Å²) >= 11 is 0. The van der Waals surface area contributed by atoms with Crippen molar-refractivity contribution in [2.24, 2.45) is 0 Å². The van der Waals surface area contributed by atoms with Gasteiger partial charge in [-0.15, -0.1) is 0 Å². The van der Waals surface area contributed by atoms with Crippen LogP contribution in [0.25, 0.3) is 0 Å². The average Bonchev–Trinajstić information content (AvgIpc) is 2.41. The molecule has 2 rings (SSSR count). The van der Waals surface area contributed by atoms with Crippen LogP contribution < -0.4 is 0 Å².